The van der Waals surface area contributed by atoms with Crippen LogP contribution in [0.1, 0.15) is 33.6 Å². The first-order valence-electron chi connectivity index (χ1n) is 4.44. The Hall–Kier alpha value is -0.0800. The molecule has 0 aromatic rings. The van der Waals surface area contributed by atoms with E-state index in [9.17, 15) is 0 Å². The Labute approximate surface area is 70.3 Å². The van der Waals surface area contributed by atoms with Gasteiger partial charge in [-0.1, -0.05) is 13.8 Å². The summed E-state index contributed by atoms with van der Waals surface area (Å²) < 4.78 is 5.37. The van der Waals surface area contributed by atoms with Crippen molar-refractivity contribution in [2.24, 2.45) is 0 Å². The predicted octanol–water partition coefficient (Wildman–Crippen LogP) is 1.80. The number of nitrogens with one attached hydrogen (secondary N) is 1. The maximum absolute atomic E-state index is 5.37. The second-order valence-electron chi connectivity index (χ2n) is 3.18. The number of hydrogen-bond acceptors (Lipinski definition) is 2. The standard InChI is InChI=1S/C9H21NO/c1-5-7-10-8-9(3,6-2)11-4/h10H,5-8H2,1-4H3. The number of methoxy groups -OCH3 is 1. The number of rotatable bonds is 6. The molecule has 0 saturated carbocycles. The van der Waals surface area contributed by atoms with Crippen LogP contribution in [0.4, 0.5) is 0 Å². The van der Waals surface area contributed by atoms with E-state index >= 15 is 0 Å². The molecule has 0 radical (unpaired) electrons. The summed E-state index contributed by atoms with van der Waals surface area (Å²) in [6.45, 7) is 8.49. The molecule has 1 N–H and O–H groups in total. The molecule has 1 unspecified atom stereocenters. The maximum atomic E-state index is 5.37. The highest BCUT2D eigenvalue weighted by molar-refractivity contribution is 4.75. The van der Waals surface area contributed by atoms with E-state index in [2.05, 4.69) is 26.1 Å². The minimum atomic E-state index is 0.0230. The van der Waals surface area contributed by atoms with Gasteiger partial charge in [-0.25, -0.2) is 0 Å². The topological polar surface area (TPSA) is 21.3 Å². The molecule has 0 heterocycles. The summed E-state index contributed by atoms with van der Waals surface area (Å²) in [4.78, 5) is 0. The molecule has 11 heavy (non-hydrogen) atoms. The fourth-order valence-corrected chi connectivity index (χ4v) is 0.871. The summed E-state index contributed by atoms with van der Waals surface area (Å²) >= 11 is 0. The van der Waals surface area contributed by atoms with Gasteiger partial charge in [-0.3, -0.25) is 0 Å². The van der Waals surface area contributed by atoms with Crippen LogP contribution in [0.15, 0.2) is 0 Å². The quantitative estimate of drug-likeness (QED) is 0.597. The van der Waals surface area contributed by atoms with Crippen molar-refractivity contribution in [3.05, 3.63) is 0 Å². The third kappa shape index (κ3) is 4.38. The van der Waals surface area contributed by atoms with Gasteiger partial charge in [-0.15, -0.1) is 0 Å². The van der Waals surface area contributed by atoms with Crippen molar-refractivity contribution >= 4 is 0 Å². The second-order valence-corrected chi connectivity index (χ2v) is 3.18. The van der Waals surface area contributed by atoms with Gasteiger partial charge in [0.1, 0.15) is 0 Å². The monoisotopic (exact) mass is 159 g/mol. The first-order chi connectivity index (χ1) is 5.18. The lowest BCUT2D eigenvalue weighted by atomic mass is 10.0. The molecule has 0 aliphatic heterocycles. The zero-order valence-corrected chi connectivity index (χ0v) is 8.24. The summed E-state index contributed by atoms with van der Waals surface area (Å²) in [6, 6.07) is 0. The smallest absolute Gasteiger partial charge is 0.0771 e. The predicted molar refractivity (Wildman–Crippen MR) is 48.9 cm³/mol. The fourth-order valence-electron chi connectivity index (χ4n) is 0.871. The molecular formula is C9H21NO. The zero-order chi connectivity index (χ0) is 8.74. The van der Waals surface area contributed by atoms with Crippen LogP contribution in [0.5, 0.6) is 0 Å². The Morgan fingerprint density at radius 2 is 2.00 bits per heavy atom. The van der Waals surface area contributed by atoms with E-state index in [1.165, 1.54) is 6.42 Å². The summed E-state index contributed by atoms with van der Waals surface area (Å²) in [5, 5.41) is 3.35. The highest BCUT2D eigenvalue weighted by Gasteiger charge is 2.19. The summed E-state index contributed by atoms with van der Waals surface area (Å²) in [5.41, 5.74) is 0.0230. The van der Waals surface area contributed by atoms with Gasteiger partial charge in [-0.2, -0.15) is 0 Å². The molecule has 0 spiro atoms. The van der Waals surface area contributed by atoms with Gasteiger partial charge in [0.2, 0.25) is 0 Å². The van der Waals surface area contributed by atoms with E-state index in [0.717, 1.165) is 19.5 Å². The largest absolute Gasteiger partial charge is 0.377 e. The van der Waals surface area contributed by atoms with E-state index in [1.807, 2.05) is 0 Å². The highest BCUT2D eigenvalue weighted by Crippen LogP contribution is 2.11. The van der Waals surface area contributed by atoms with Gasteiger partial charge in [0, 0.05) is 13.7 Å². The molecule has 2 heteroatoms. The van der Waals surface area contributed by atoms with Gasteiger partial charge >= 0.3 is 0 Å². The first kappa shape index (κ1) is 10.9. The van der Waals surface area contributed by atoms with E-state index in [4.69, 9.17) is 4.74 Å². The second kappa shape index (κ2) is 5.56. The molecule has 0 aliphatic rings. The zero-order valence-electron chi connectivity index (χ0n) is 8.24. The van der Waals surface area contributed by atoms with Crippen LogP contribution < -0.4 is 5.32 Å². The Balaban J connectivity index is 3.51. The fraction of sp³-hybridized carbons (Fsp3) is 1.00. The summed E-state index contributed by atoms with van der Waals surface area (Å²) in [5.74, 6) is 0. The van der Waals surface area contributed by atoms with Crippen LogP contribution in [-0.2, 0) is 4.74 Å². The van der Waals surface area contributed by atoms with E-state index in [1.54, 1.807) is 7.11 Å². The van der Waals surface area contributed by atoms with Crippen molar-refractivity contribution in [3.63, 3.8) is 0 Å². The van der Waals surface area contributed by atoms with E-state index in [0.29, 0.717) is 0 Å². The molecule has 0 amide bonds. The Bertz CT molecular complexity index is 89.6. The van der Waals surface area contributed by atoms with E-state index < -0.39 is 0 Å². The molecule has 0 rings (SSSR count). The lowest BCUT2D eigenvalue weighted by Gasteiger charge is -2.26. The van der Waals surface area contributed by atoms with Crippen molar-refractivity contribution in [2.75, 3.05) is 20.2 Å². The Kier molecular flexibility index (Phi) is 5.51. The lowest BCUT2D eigenvalue weighted by Crippen LogP contribution is -2.39. The van der Waals surface area contributed by atoms with Gasteiger partial charge in [0.25, 0.3) is 0 Å². The van der Waals surface area contributed by atoms with Crippen molar-refractivity contribution < 1.29 is 4.74 Å². The SMILES string of the molecule is CCCNCC(C)(CC)OC. The van der Waals surface area contributed by atoms with Crippen LogP contribution >= 0.6 is 0 Å². The molecule has 0 bridgehead atoms. The van der Waals surface area contributed by atoms with Gasteiger partial charge < -0.3 is 10.1 Å². The molecule has 0 aromatic heterocycles. The highest BCUT2D eigenvalue weighted by atomic mass is 16.5. The number of ether oxygens (including phenoxy) is 1. The average molecular weight is 159 g/mol. The first-order valence-corrected chi connectivity index (χ1v) is 4.44. The third-order valence-corrected chi connectivity index (χ3v) is 2.17. The molecule has 0 aliphatic carbocycles. The van der Waals surface area contributed by atoms with Crippen LogP contribution in [0.2, 0.25) is 0 Å². The van der Waals surface area contributed by atoms with Gasteiger partial charge in [-0.05, 0) is 26.3 Å². The lowest BCUT2D eigenvalue weighted by molar-refractivity contribution is 0.00390. The minimum Gasteiger partial charge on any atom is -0.377 e. The molecule has 0 fully saturated rings. The van der Waals surface area contributed by atoms with Gasteiger partial charge in [0.15, 0.2) is 0 Å². The normalized spacial score (nSPS) is 16.4. The summed E-state index contributed by atoms with van der Waals surface area (Å²) in [6.07, 6.45) is 2.24. The van der Waals surface area contributed by atoms with Crippen molar-refractivity contribution in [1.82, 2.24) is 5.32 Å². The molecule has 68 valence electrons. The molecule has 0 aromatic carbocycles. The molecular weight excluding hydrogens is 138 g/mol. The van der Waals surface area contributed by atoms with Gasteiger partial charge in [0.05, 0.1) is 5.60 Å². The average Bonchev–Trinajstić information content (AvgIpc) is 2.05. The van der Waals surface area contributed by atoms with Crippen LogP contribution in [0, 0.1) is 0 Å². The Morgan fingerprint density at radius 1 is 1.36 bits per heavy atom. The molecule has 1 atom stereocenters. The van der Waals surface area contributed by atoms with Crippen LogP contribution in [0.3, 0.4) is 0 Å². The van der Waals surface area contributed by atoms with Crippen molar-refractivity contribution in [3.8, 4) is 0 Å². The van der Waals surface area contributed by atoms with Crippen molar-refractivity contribution in [1.29, 1.82) is 0 Å². The van der Waals surface area contributed by atoms with E-state index in [-0.39, 0.29) is 5.60 Å². The molecule has 2 nitrogen and oxygen atoms in total. The van der Waals surface area contributed by atoms with Crippen molar-refractivity contribution in [2.45, 2.75) is 39.2 Å². The van der Waals surface area contributed by atoms with Crippen LogP contribution in [0.25, 0.3) is 0 Å². The Morgan fingerprint density at radius 3 is 2.36 bits per heavy atom. The summed E-state index contributed by atoms with van der Waals surface area (Å²) in [7, 11) is 1.77. The third-order valence-electron chi connectivity index (χ3n) is 2.17. The number of hydrogen-bond donors (Lipinski definition) is 1. The maximum Gasteiger partial charge on any atom is 0.0771 e. The van der Waals surface area contributed by atoms with Crippen LogP contribution in [-0.4, -0.2) is 25.8 Å². The molecule has 0 saturated heterocycles. The minimum absolute atomic E-state index is 0.0230.